The first-order valence-electron chi connectivity index (χ1n) is 5.30. The van der Waals surface area contributed by atoms with Gasteiger partial charge < -0.3 is 14.7 Å². The van der Waals surface area contributed by atoms with E-state index in [-0.39, 0.29) is 18.2 Å². The highest BCUT2D eigenvalue weighted by molar-refractivity contribution is 5.98. The molecule has 0 radical (unpaired) electrons. The second-order valence-electron chi connectivity index (χ2n) is 3.89. The standard InChI is InChI=1S/C12H13NO4/c1-17-11(15)7-13-5-4-8-6-9(14)2-3-10(8)12(13)16/h2-3,6,14H,4-5,7H2,1H3. The van der Waals surface area contributed by atoms with Gasteiger partial charge in [0.25, 0.3) is 5.91 Å². The van der Waals surface area contributed by atoms with Gasteiger partial charge >= 0.3 is 5.97 Å². The number of aromatic hydroxyl groups is 1. The number of carbonyl (C=O) groups excluding carboxylic acids is 2. The van der Waals surface area contributed by atoms with Gasteiger partial charge in [-0.25, -0.2) is 0 Å². The van der Waals surface area contributed by atoms with E-state index in [1.165, 1.54) is 18.1 Å². The third kappa shape index (κ3) is 2.22. The minimum absolute atomic E-state index is 0.0321. The van der Waals surface area contributed by atoms with Crippen LogP contribution in [0.25, 0.3) is 0 Å². The number of hydrogen-bond donors (Lipinski definition) is 1. The number of nitrogens with zero attached hydrogens (tertiary/aromatic N) is 1. The second-order valence-corrected chi connectivity index (χ2v) is 3.89. The number of esters is 1. The summed E-state index contributed by atoms with van der Waals surface area (Å²) in [5, 5.41) is 9.32. The number of benzene rings is 1. The lowest BCUT2D eigenvalue weighted by Gasteiger charge is -2.27. The number of hydrogen-bond acceptors (Lipinski definition) is 4. The van der Waals surface area contributed by atoms with Crippen LogP contribution in [0.1, 0.15) is 15.9 Å². The molecular formula is C12H13NO4. The zero-order chi connectivity index (χ0) is 12.4. The van der Waals surface area contributed by atoms with E-state index in [1.807, 2.05) is 0 Å². The molecule has 1 aromatic carbocycles. The van der Waals surface area contributed by atoms with E-state index in [1.54, 1.807) is 12.1 Å². The summed E-state index contributed by atoms with van der Waals surface area (Å²) < 4.78 is 4.54. The Morgan fingerprint density at radius 2 is 2.29 bits per heavy atom. The molecule has 0 aliphatic carbocycles. The van der Waals surface area contributed by atoms with E-state index in [0.717, 1.165) is 5.56 Å². The smallest absolute Gasteiger partial charge is 0.325 e. The van der Waals surface area contributed by atoms with E-state index < -0.39 is 5.97 Å². The molecule has 0 aromatic heterocycles. The van der Waals surface area contributed by atoms with Gasteiger partial charge in [-0.2, -0.15) is 0 Å². The van der Waals surface area contributed by atoms with Crippen LogP contribution in [-0.4, -0.2) is 42.1 Å². The molecule has 1 heterocycles. The molecule has 1 aliphatic heterocycles. The van der Waals surface area contributed by atoms with Crippen LogP contribution in [0.15, 0.2) is 18.2 Å². The number of phenolic OH excluding ortho intramolecular Hbond substituents is 1. The van der Waals surface area contributed by atoms with Gasteiger partial charge in [0.2, 0.25) is 0 Å². The van der Waals surface area contributed by atoms with Gasteiger partial charge in [-0.3, -0.25) is 9.59 Å². The first-order chi connectivity index (χ1) is 8.11. The van der Waals surface area contributed by atoms with Gasteiger partial charge in [0.1, 0.15) is 12.3 Å². The molecular weight excluding hydrogens is 222 g/mol. The van der Waals surface area contributed by atoms with E-state index in [0.29, 0.717) is 18.5 Å². The lowest BCUT2D eigenvalue weighted by atomic mass is 9.99. The minimum atomic E-state index is -0.430. The van der Waals surface area contributed by atoms with E-state index in [4.69, 9.17) is 0 Å². The summed E-state index contributed by atoms with van der Waals surface area (Å²) in [4.78, 5) is 24.6. The third-order valence-electron chi connectivity index (χ3n) is 2.81. The van der Waals surface area contributed by atoms with Crippen molar-refractivity contribution in [2.45, 2.75) is 6.42 Å². The predicted octanol–water partition coefficient (Wildman–Crippen LogP) is 0.563. The Morgan fingerprint density at radius 3 is 3.00 bits per heavy atom. The van der Waals surface area contributed by atoms with Gasteiger partial charge in [-0.15, -0.1) is 0 Å². The second kappa shape index (κ2) is 4.45. The number of carbonyl (C=O) groups is 2. The van der Waals surface area contributed by atoms with Crippen LogP contribution >= 0.6 is 0 Å². The lowest BCUT2D eigenvalue weighted by molar-refractivity contribution is -0.141. The maximum absolute atomic E-state index is 12.0. The van der Waals surface area contributed by atoms with Crippen LogP contribution in [0.2, 0.25) is 0 Å². The van der Waals surface area contributed by atoms with Crippen LogP contribution in [0, 0.1) is 0 Å². The van der Waals surface area contributed by atoms with E-state index >= 15 is 0 Å². The van der Waals surface area contributed by atoms with Gasteiger partial charge in [-0.1, -0.05) is 0 Å². The first-order valence-corrected chi connectivity index (χ1v) is 5.30. The fourth-order valence-corrected chi connectivity index (χ4v) is 1.89. The molecule has 1 aliphatic rings. The largest absolute Gasteiger partial charge is 0.508 e. The summed E-state index contributed by atoms with van der Waals surface area (Å²) in [6.07, 6.45) is 0.631. The fourth-order valence-electron chi connectivity index (χ4n) is 1.89. The SMILES string of the molecule is COC(=O)CN1CCc2cc(O)ccc2C1=O. The Hall–Kier alpha value is -2.04. The molecule has 17 heavy (non-hydrogen) atoms. The third-order valence-corrected chi connectivity index (χ3v) is 2.81. The fraction of sp³-hybridized carbons (Fsp3) is 0.333. The van der Waals surface area contributed by atoms with Crippen LogP contribution < -0.4 is 0 Å². The quantitative estimate of drug-likeness (QED) is 0.761. The zero-order valence-corrected chi connectivity index (χ0v) is 9.47. The van der Waals surface area contributed by atoms with Gasteiger partial charge in [-0.05, 0) is 30.2 Å². The Balaban J connectivity index is 2.21. The molecule has 0 unspecified atom stereocenters. The summed E-state index contributed by atoms with van der Waals surface area (Å²) in [5.41, 5.74) is 1.36. The first kappa shape index (κ1) is 11.4. The Labute approximate surface area is 98.6 Å². The number of fused-ring (bicyclic) bond motifs is 1. The Morgan fingerprint density at radius 1 is 1.53 bits per heavy atom. The number of amides is 1. The molecule has 0 atom stereocenters. The van der Waals surface area contributed by atoms with Crippen molar-refractivity contribution in [1.82, 2.24) is 4.90 Å². The highest BCUT2D eigenvalue weighted by Crippen LogP contribution is 2.22. The number of rotatable bonds is 2. The maximum atomic E-state index is 12.0. The molecule has 0 spiro atoms. The van der Waals surface area contributed by atoms with Crippen molar-refractivity contribution >= 4 is 11.9 Å². The van der Waals surface area contributed by atoms with Crippen molar-refractivity contribution in [1.29, 1.82) is 0 Å². The summed E-state index contributed by atoms with van der Waals surface area (Å²) in [5.74, 6) is -0.477. The molecule has 5 nitrogen and oxygen atoms in total. The van der Waals surface area contributed by atoms with Crippen LogP contribution in [-0.2, 0) is 16.0 Å². The van der Waals surface area contributed by atoms with Crippen LogP contribution in [0.4, 0.5) is 0 Å². The van der Waals surface area contributed by atoms with Gasteiger partial charge in [0, 0.05) is 12.1 Å². The summed E-state index contributed by atoms with van der Waals surface area (Å²) in [6, 6.07) is 4.64. The van der Waals surface area contributed by atoms with E-state index in [2.05, 4.69) is 4.74 Å². The molecule has 0 saturated carbocycles. The molecule has 0 saturated heterocycles. The topological polar surface area (TPSA) is 66.8 Å². The Kier molecular flexibility index (Phi) is 2.99. The van der Waals surface area contributed by atoms with Crippen molar-refractivity contribution in [2.75, 3.05) is 20.2 Å². The number of ether oxygens (including phenoxy) is 1. The van der Waals surface area contributed by atoms with Gasteiger partial charge in [0.15, 0.2) is 0 Å². The molecule has 0 fully saturated rings. The van der Waals surface area contributed by atoms with Crippen LogP contribution in [0.5, 0.6) is 5.75 Å². The highest BCUT2D eigenvalue weighted by atomic mass is 16.5. The number of methoxy groups -OCH3 is 1. The minimum Gasteiger partial charge on any atom is -0.508 e. The zero-order valence-electron chi connectivity index (χ0n) is 9.47. The monoisotopic (exact) mass is 235 g/mol. The van der Waals surface area contributed by atoms with Crippen LogP contribution in [0.3, 0.4) is 0 Å². The Bertz CT molecular complexity index is 470. The molecule has 1 aromatic rings. The summed E-state index contributed by atoms with van der Waals surface area (Å²) in [6.45, 7) is 0.431. The van der Waals surface area contributed by atoms with E-state index in [9.17, 15) is 14.7 Å². The average Bonchev–Trinajstić information content (AvgIpc) is 2.32. The molecule has 1 amide bonds. The predicted molar refractivity (Wildman–Crippen MR) is 59.7 cm³/mol. The highest BCUT2D eigenvalue weighted by Gasteiger charge is 2.26. The van der Waals surface area contributed by atoms with Crippen molar-refractivity contribution < 1.29 is 19.4 Å². The van der Waals surface area contributed by atoms with Crippen molar-refractivity contribution in [3.63, 3.8) is 0 Å². The van der Waals surface area contributed by atoms with Crippen molar-refractivity contribution in [2.24, 2.45) is 0 Å². The molecule has 1 N–H and O–H groups in total. The maximum Gasteiger partial charge on any atom is 0.325 e. The van der Waals surface area contributed by atoms with Gasteiger partial charge in [0.05, 0.1) is 7.11 Å². The van der Waals surface area contributed by atoms with Crippen molar-refractivity contribution in [3.8, 4) is 5.75 Å². The summed E-state index contributed by atoms with van der Waals surface area (Å²) in [7, 11) is 1.29. The molecule has 90 valence electrons. The number of phenols is 1. The normalized spacial score (nSPS) is 14.4. The molecule has 0 bridgehead atoms. The van der Waals surface area contributed by atoms with Crippen molar-refractivity contribution in [3.05, 3.63) is 29.3 Å². The molecule has 5 heteroatoms. The summed E-state index contributed by atoms with van der Waals surface area (Å²) >= 11 is 0. The lowest BCUT2D eigenvalue weighted by Crippen LogP contribution is -2.41. The average molecular weight is 235 g/mol. The molecule has 2 rings (SSSR count).